The van der Waals surface area contributed by atoms with E-state index in [0.29, 0.717) is 11.5 Å². The normalized spacial score (nSPS) is 15.5. The summed E-state index contributed by atoms with van der Waals surface area (Å²) in [5.74, 6) is 0.687. The molecule has 0 aliphatic carbocycles. The quantitative estimate of drug-likeness (QED) is 0.862. The van der Waals surface area contributed by atoms with Crippen molar-refractivity contribution in [2.24, 2.45) is 0 Å². The van der Waals surface area contributed by atoms with Crippen LogP contribution in [0.1, 0.15) is 10.5 Å². The molecule has 0 saturated carbocycles. The minimum absolute atomic E-state index is 0.0248. The number of aromatic nitrogens is 2. The van der Waals surface area contributed by atoms with Crippen molar-refractivity contribution in [3.8, 4) is 0 Å². The van der Waals surface area contributed by atoms with Crippen LogP contribution in [0, 0.1) is 0 Å². The first-order valence-corrected chi connectivity index (χ1v) is 7.74. The fourth-order valence-electron chi connectivity index (χ4n) is 2.60. The molecule has 6 nitrogen and oxygen atoms in total. The van der Waals surface area contributed by atoms with Gasteiger partial charge in [0.1, 0.15) is 17.8 Å². The second kappa shape index (κ2) is 6.75. The van der Waals surface area contributed by atoms with Gasteiger partial charge in [0.2, 0.25) is 0 Å². The molecule has 1 saturated heterocycles. The van der Waals surface area contributed by atoms with E-state index in [2.05, 4.69) is 21.9 Å². The van der Waals surface area contributed by atoms with E-state index < -0.39 is 0 Å². The van der Waals surface area contributed by atoms with Crippen molar-refractivity contribution in [2.75, 3.05) is 45.2 Å². The summed E-state index contributed by atoms with van der Waals surface area (Å²) < 4.78 is 0. The first-order valence-electron chi connectivity index (χ1n) is 7.74. The Labute approximate surface area is 136 Å². The summed E-state index contributed by atoms with van der Waals surface area (Å²) in [6, 6.07) is 11.7. The van der Waals surface area contributed by atoms with Gasteiger partial charge in [0.05, 0.1) is 0 Å². The summed E-state index contributed by atoms with van der Waals surface area (Å²) in [4.78, 5) is 27.1. The minimum atomic E-state index is -0.0248. The van der Waals surface area contributed by atoms with E-state index in [0.717, 1.165) is 31.9 Å². The third kappa shape index (κ3) is 3.48. The maximum absolute atomic E-state index is 12.6. The van der Waals surface area contributed by atoms with Gasteiger partial charge in [0, 0.05) is 45.0 Å². The molecule has 1 amide bonds. The number of likely N-dealkylation sites (N-methyl/N-ethyl adjacent to an activating group) is 1. The van der Waals surface area contributed by atoms with Gasteiger partial charge in [-0.05, 0) is 19.2 Å². The molecule has 1 aliphatic heterocycles. The first kappa shape index (κ1) is 15.4. The van der Waals surface area contributed by atoms with Crippen molar-refractivity contribution < 1.29 is 4.79 Å². The summed E-state index contributed by atoms with van der Waals surface area (Å²) >= 11 is 0. The molecule has 23 heavy (non-hydrogen) atoms. The van der Waals surface area contributed by atoms with E-state index in [1.165, 1.54) is 6.33 Å². The highest BCUT2D eigenvalue weighted by Gasteiger charge is 2.22. The molecule has 0 radical (unpaired) electrons. The van der Waals surface area contributed by atoms with Gasteiger partial charge in [-0.25, -0.2) is 9.97 Å². The number of piperazine rings is 1. The van der Waals surface area contributed by atoms with Crippen LogP contribution in [0.2, 0.25) is 0 Å². The predicted molar refractivity (Wildman–Crippen MR) is 89.9 cm³/mol. The summed E-state index contributed by atoms with van der Waals surface area (Å²) in [5, 5.41) is 0. The zero-order chi connectivity index (χ0) is 16.2. The molecular formula is C17H21N5O. The van der Waals surface area contributed by atoms with Gasteiger partial charge in [0.15, 0.2) is 0 Å². The molecule has 2 heterocycles. The summed E-state index contributed by atoms with van der Waals surface area (Å²) in [6.07, 6.45) is 1.46. The van der Waals surface area contributed by atoms with Crippen molar-refractivity contribution >= 4 is 17.4 Å². The van der Waals surface area contributed by atoms with Crippen LogP contribution in [0.5, 0.6) is 0 Å². The third-order valence-electron chi connectivity index (χ3n) is 4.15. The Balaban J connectivity index is 1.78. The number of anilines is 2. The molecule has 1 aliphatic rings. The number of benzene rings is 1. The van der Waals surface area contributed by atoms with Crippen LogP contribution < -0.4 is 4.90 Å². The van der Waals surface area contributed by atoms with Crippen LogP contribution in [-0.4, -0.2) is 65.9 Å². The van der Waals surface area contributed by atoms with Crippen LogP contribution in [-0.2, 0) is 0 Å². The maximum Gasteiger partial charge on any atom is 0.272 e. The predicted octanol–water partition coefficient (Wildman–Crippen LogP) is 1.63. The van der Waals surface area contributed by atoms with Crippen molar-refractivity contribution in [3.63, 3.8) is 0 Å². The lowest BCUT2D eigenvalue weighted by Gasteiger charge is -2.32. The summed E-state index contributed by atoms with van der Waals surface area (Å²) in [6.45, 7) is 3.27. The van der Waals surface area contributed by atoms with Crippen LogP contribution in [0.25, 0.3) is 0 Å². The minimum Gasteiger partial charge on any atom is -0.335 e. The van der Waals surface area contributed by atoms with Crippen molar-refractivity contribution in [3.05, 3.63) is 48.4 Å². The van der Waals surface area contributed by atoms with Gasteiger partial charge in [-0.1, -0.05) is 18.2 Å². The van der Waals surface area contributed by atoms with Gasteiger partial charge in [0.25, 0.3) is 5.91 Å². The lowest BCUT2D eigenvalue weighted by Crippen LogP contribution is -2.47. The monoisotopic (exact) mass is 311 g/mol. The van der Waals surface area contributed by atoms with Crippen molar-refractivity contribution in [1.82, 2.24) is 19.8 Å². The largest absolute Gasteiger partial charge is 0.335 e. The second-order valence-corrected chi connectivity index (χ2v) is 5.75. The first-order chi connectivity index (χ1) is 11.1. The fraction of sp³-hybridized carbons (Fsp3) is 0.353. The molecule has 3 rings (SSSR count). The molecule has 1 fully saturated rings. The zero-order valence-corrected chi connectivity index (χ0v) is 13.5. The molecule has 6 heteroatoms. The molecule has 0 bridgehead atoms. The van der Waals surface area contributed by atoms with E-state index in [1.807, 2.05) is 47.2 Å². The lowest BCUT2D eigenvalue weighted by molar-refractivity contribution is 0.0658. The Hall–Kier alpha value is -2.47. The average molecular weight is 311 g/mol. The number of rotatable bonds is 3. The highest BCUT2D eigenvalue weighted by atomic mass is 16.2. The summed E-state index contributed by atoms with van der Waals surface area (Å²) in [7, 11) is 4.00. The van der Waals surface area contributed by atoms with Gasteiger partial charge in [-0.15, -0.1) is 0 Å². The summed E-state index contributed by atoms with van der Waals surface area (Å²) in [5.41, 5.74) is 1.46. The molecule has 0 unspecified atom stereocenters. The highest BCUT2D eigenvalue weighted by Crippen LogP contribution is 2.21. The molecule has 1 aromatic heterocycles. The molecule has 0 spiro atoms. The van der Waals surface area contributed by atoms with Crippen LogP contribution in [0.3, 0.4) is 0 Å². The van der Waals surface area contributed by atoms with E-state index in [9.17, 15) is 4.79 Å². The topological polar surface area (TPSA) is 52.6 Å². The molecule has 120 valence electrons. The van der Waals surface area contributed by atoms with E-state index in [4.69, 9.17) is 0 Å². The average Bonchev–Trinajstić information content (AvgIpc) is 2.62. The molecule has 0 N–H and O–H groups in total. The standard InChI is InChI=1S/C17H21N5O/c1-20-8-10-22(11-9-20)17(23)15-12-16(19-13-18-15)21(2)14-6-4-3-5-7-14/h3-7,12-13H,8-11H2,1-2H3. The van der Waals surface area contributed by atoms with Crippen LogP contribution in [0.15, 0.2) is 42.7 Å². The van der Waals surface area contributed by atoms with Gasteiger partial charge in [-0.3, -0.25) is 4.79 Å². The van der Waals surface area contributed by atoms with Gasteiger partial charge in [-0.2, -0.15) is 0 Å². The van der Waals surface area contributed by atoms with Crippen molar-refractivity contribution in [1.29, 1.82) is 0 Å². The van der Waals surface area contributed by atoms with Crippen LogP contribution >= 0.6 is 0 Å². The van der Waals surface area contributed by atoms with Gasteiger partial charge < -0.3 is 14.7 Å². The van der Waals surface area contributed by atoms with E-state index in [1.54, 1.807) is 6.07 Å². The third-order valence-corrected chi connectivity index (χ3v) is 4.15. The lowest BCUT2D eigenvalue weighted by atomic mass is 10.2. The zero-order valence-electron chi connectivity index (χ0n) is 13.5. The molecule has 1 aromatic carbocycles. The van der Waals surface area contributed by atoms with E-state index in [-0.39, 0.29) is 5.91 Å². The highest BCUT2D eigenvalue weighted by molar-refractivity contribution is 5.93. The number of nitrogens with zero attached hydrogens (tertiary/aromatic N) is 5. The Kier molecular flexibility index (Phi) is 4.52. The molecule has 0 atom stereocenters. The molecular weight excluding hydrogens is 290 g/mol. The SMILES string of the molecule is CN1CCN(C(=O)c2cc(N(C)c3ccccc3)ncn2)CC1. The number of amides is 1. The maximum atomic E-state index is 12.6. The number of hydrogen-bond acceptors (Lipinski definition) is 5. The van der Waals surface area contributed by atoms with E-state index >= 15 is 0 Å². The second-order valence-electron chi connectivity index (χ2n) is 5.75. The Morgan fingerprint density at radius 3 is 2.48 bits per heavy atom. The smallest absolute Gasteiger partial charge is 0.272 e. The Morgan fingerprint density at radius 2 is 1.78 bits per heavy atom. The number of carbonyl (C=O) groups is 1. The number of carbonyl (C=O) groups excluding carboxylic acids is 1. The van der Waals surface area contributed by atoms with Crippen LogP contribution in [0.4, 0.5) is 11.5 Å². The van der Waals surface area contributed by atoms with Crippen molar-refractivity contribution in [2.45, 2.75) is 0 Å². The Bertz CT molecular complexity index is 668. The Morgan fingerprint density at radius 1 is 1.09 bits per heavy atom. The van der Waals surface area contributed by atoms with Gasteiger partial charge >= 0.3 is 0 Å². The fourth-order valence-corrected chi connectivity index (χ4v) is 2.60. The molecule has 2 aromatic rings. The number of hydrogen-bond donors (Lipinski definition) is 0. The number of para-hydroxylation sites is 1.